The minimum Gasteiger partial charge on any atom is -0.373 e. The molecule has 2 aromatic heterocycles. The smallest absolute Gasteiger partial charge is 0.271 e. The van der Waals surface area contributed by atoms with Gasteiger partial charge >= 0.3 is 0 Å². The Morgan fingerprint density at radius 3 is 3.00 bits per heavy atom. The van der Waals surface area contributed by atoms with Gasteiger partial charge in [0, 0.05) is 7.05 Å². The molecule has 0 aromatic carbocycles. The first kappa shape index (κ1) is 12.2. The quantitative estimate of drug-likeness (QED) is 0.731. The van der Waals surface area contributed by atoms with Crippen LogP contribution in [0.1, 0.15) is 16.3 Å². The van der Waals surface area contributed by atoms with Crippen molar-refractivity contribution >= 4 is 23.3 Å². The van der Waals surface area contributed by atoms with Crippen LogP contribution in [0.4, 0.5) is 5.82 Å². The molecule has 0 saturated heterocycles. The van der Waals surface area contributed by atoms with Gasteiger partial charge in [-0.3, -0.25) is 4.79 Å². The second kappa shape index (κ2) is 5.41. The topological polar surface area (TPSA) is 108 Å². The van der Waals surface area contributed by atoms with Crippen LogP contribution in [0.25, 0.3) is 0 Å². The van der Waals surface area contributed by atoms with Crippen molar-refractivity contribution < 1.29 is 4.79 Å². The number of anilines is 1. The zero-order valence-electron chi connectivity index (χ0n) is 9.44. The Labute approximate surface area is 107 Å². The van der Waals surface area contributed by atoms with Crippen molar-refractivity contribution in [2.24, 2.45) is 0 Å². The summed E-state index contributed by atoms with van der Waals surface area (Å²) in [6.07, 6.45) is 0. The lowest BCUT2D eigenvalue weighted by atomic mass is 10.3. The lowest BCUT2D eigenvalue weighted by Crippen LogP contribution is -2.25. The van der Waals surface area contributed by atoms with Gasteiger partial charge in [-0.25, -0.2) is 4.98 Å². The van der Waals surface area contributed by atoms with Crippen LogP contribution in [0.3, 0.4) is 0 Å². The van der Waals surface area contributed by atoms with Crippen molar-refractivity contribution in [1.82, 2.24) is 30.9 Å². The molecule has 0 fully saturated rings. The maximum atomic E-state index is 11.9. The van der Waals surface area contributed by atoms with E-state index < -0.39 is 5.91 Å². The molecule has 2 heterocycles. The molecule has 94 valence electrons. The van der Waals surface area contributed by atoms with Crippen LogP contribution in [0.2, 0.25) is 5.02 Å². The summed E-state index contributed by atoms with van der Waals surface area (Å²) >= 11 is 5.91. The van der Waals surface area contributed by atoms with E-state index in [0.29, 0.717) is 11.6 Å². The molecule has 18 heavy (non-hydrogen) atoms. The highest BCUT2D eigenvalue weighted by atomic mass is 35.5. The second-order valence-corrected chi connectivity index (χ2v) is 3.69. The highest BCUT2D eigenvalue weighted by Crippen LogP contribution is 2.16. The summed E-state index contributed by atoms with van der Waals surface area (Å²) < 4.78 is 0. The van der Waals surface area contributed by atoms with Crippen LogP contribution in [0, 0.1) is 0 Å². The predicted octanol–water partition coefficient (Wildman–Crippen LogP) is 0.220. The number of amides is 1. The van der Waals surface area contributed by atoms with Gasteiger partial charge in [0.25, 0.3) is 5.91 Å². The lowest BCUT2D eigenvalue weighted by Gasteiger charge is -2.06. The molecule has 0 bridgehead atoms. The number of hydrogen-bond donors (Lipinski definition) is 3. The van der Waals surface area contributed by atoms with Gasteiger partial charge in [0.15, 0.2) is 5.82 Å². The third-order valence-corrected chi connectivity index (χ3v) is 2.42. The molecule has 9 heteroatoms. The van der Waals surface area contributed by atoms with Crippen molar-refractivity contribution in [3.8, 4) is 0 Å². The molecule has 2 rings (SSSR count). The molecule has 8 nitrogen and oxygen atoms in total. The maximum Gasteiger partial charge on any atom is 0.271 e. The lowest BCUT2D eigenvalue weighted by molar-refractivity contribution is 0.0945. The molecular weight excluding hydrogens is 258 g/mol. The summed E-state index contributed by atoms with van der Waals surface area (Å²) in [5.74, 6) is 0.537. The fourth-order valence-electron chi connectivity index (χ4n) is 1.24. The number of carbonyl (C=O) groups excluding carboxylic acids is 1. The summed E-state index contributed by atoms with van der Waals surface area (Å²) in [7, 11) is 1.71. The van der Waals surface area contributed by atoms with Crippen LogP contribution in [0.15, 0.2) is 12.1 Å². The zero-order valence-corrected chi connectivity index (χ0v) is 10.2. The number of pyridine rings is 1. The number of H-pyrrole nitrogens is 1. The Kier molecular flexibility index (Phi) is 3.68. The number of hydrogen-bond acceptors (Lipinski definition) is 6. The van der Waals surface area contributed by atoms with E-state index in [4.69, 9.17) is 11.6 Å². The molecule has 0 spiro atoms. The fraction of sp³-hybridized carbons (Fsp3) is 0.222. The van der Waals surface area contributed by atoms with Crippen molar-refractivity contribution in [2.75, 3.05) is 12.4 Å². The summed E-state index contributed by atoms with van der Waals surface area (Å²) in [6, 6.07) is 3.28. The van der Waals surface area contributed by atoms with Gasteiger partial charge < -0.3 is 10.6 Å². The predicted molar refractivity (Wildman–Crippen MR) is 64.1 cm³/mol. The number of nitrogens with one attached hydrogen (secondary N) is 3. The summed E-state index contributed by atoms with van der Waals surface area (Å²) in [5.41, 5.74) is 0.145. The van der Waals surface area contributed by atoms with Gasteiger partial charge in [-0.15, -0.1) is 10.2 Å². The number of tetrazole rings is 1. The van der Waals surface area contributed by atoms with E-state index >= 15 is 0 Å². The second-order valence-electron chi connectivity index (χ2n) is 3.29. The van der Waals surface area contributed by atoms with Gasteiger partial charge in [0.2, 0.25) is 0 Å². The molecule has 1 amide bonds. The largest absolute Gasteiger partial charge is 0.373 e. The highest BCUT2D eigenvalue weighted by molar-refractivity contribution is 6.33. The van der Waals surface area contributed by atoms with Crippen LogP contribution < -0.4 is 10.6 Å². The summed E-state index contributed by atoms with van der Waals surface area (Å²) in [5, 5.41) is 18.8. The van der Waals surface area contributed by atoms with Crippen molar-refractivity contribution in [1.29, 1.82) is 0 Å². The number of carbonyl (C=O) groups is 1. The highest BCUT2D eigenvalue weighted by Gasteiger charge is 2.13. The Morgan fingerprint density at radius 2 is 2.33 bits per heavy atom. The number of nitrogens with zero attached hydrogens (tertiary/aromatic N) is 4. The van der Waals surface area contributed by atoms with Gasteiger partial charge in [-0.05, 0) is 12.1 Å². The van der Waals surface area contributed by atoms with E-state index in [1.807, 2.05) is 0 Å². The van der Waals surface area contributed by atoms with Crippen molar-refractivity contribution in [3.63, 3.8) is 0 Å². The van der Waals surface area contributed by atoms with Crippen molar-refractivity contribution in [2.45, 2.75) is 6.54 Å². The van der Waals surface area contributed by atoms with E-state index in [-0.39, 0.29) is 17.3 Å². The first-order chi connectivity index (χ1) is 8.70. The number of rotatable bonds is 4. The van der Waals surface area contributed by atoms with E-state index in [9.17, 15) is 4.79 Å². The maximum absolute atomic E-state index is 11.9. The first-order valence-electron chi connectivity index (χ1n) is 5.05. The van der Waals surface area contributed by atoms with E-state index in [1.165, 1.54) is 0 Å². The normalized spacial score (nSPS) is 10.1. The molecule has 0 aliphatic carbocycles. The van der Waals surface area contributed by atoms with Crippen LogP contribution in [-0.4, -0.2) is 38.6 Å². The van der Waals surface area contributed by atoms with Gasteiger partial charge in [-0.1, -0.05) is 16.8 Å². The Hall–Kier alpha value is -2.22. The van der Waals surface area contributed by atoms with Gasteiger partial charge in [0.05, 0.1) is 11.6 Å². The SMILES string of the molecule is CNc1ccc(Cl)c(C(=O)NCc2nn[nH]n2)n1. The third-order valence-electron chi connectivity index (χ3n) is 2.11. The first-order valence-corrected chi connectivity index (χ1v) is 5.43. The van der Waals surface area contributed by atoms with Crippen LogP contribution in [0.5, 0.6) is 0 Å². The fourth-order valence-corrected chi connectivity index (χ4v) is 1.43. The molecule has 0 atom stereocenters. The summed E-state index contributed by atoms with van der Waals surface area (Å²) in [4.78, 5) is 15.9. The monoisotopic (exact) mass is 267 g/mol. The molecule has 3 N–H and O–H groups in total. The number of aromatic amines is 1. The van der Waals surface area contributed by atoms with Crippen LogP contribution >= 0.6 is 11.6 Å². The third kappa shape index (κ3) is 2.72. The number of aromatic nitrogens is 5. The van der Waals surface area contributed by atoms with Crippen molar-refractivity contribution in [3.05, 3.63) is 28.7 Å². The van der Waals surface area contributed by atoms with Gasteiger partial charge in [-0.2, -0.15) is 5.21 Å². The molecule has 0 aliphatic heterocycles. The Bertz CT molecular complexity index is 542. The van der Waals surface area contributed by atoms with E-state index in [1.54, 1.807) is 19.2 Å². The molecule has 0 unspecified atom stereocenters. The Balaban J connectivity index is 2.08. The molecule has 0 aliphatic rings. The Morgan fingerprint density at radius 1 is 1.50 bits per heavy atom. The standard InChI is InChI=1S/C9H10ClN7O/c1-11-6-3-2-5(10)8(13-6)9(18)12-4-7-14-16-17-15-7/h2-3H,4H2,1H3,(H,11,13)(H,12,18)(H,14,15,16,17). The number of halogens is 1. The zero-order chi connectivity index (χ0) is 13.0. The summed E-state index contributed by atoms with van der Waals surface area (Å²) in [6.45, 7) is 0.150. The molecular formula is C9H10ClN7O. The molecule has 0 radical (unpaired) electrons. The van der Waals surface area contributed by atoms with Gasteiger partial charge in [0.1, 0.15) is 11.5 Å². The molecule has 0 saturated carbocycles. The minimum atomic E-state index is -0.401. The van der Waals surface area contributed by atoms with E-state index in [2.05, 4.69) is 36.2 Å². The average molecular weight is 268 g/mol. The minimum absolute atomic E-state index is 0.145. The average Bonchev–Trinajstić information content (AvgIpc) is 2.89. The van der Waals surface area contributed by atoms with Crippen LogP contribution in [-0.2, 0) is 6.54 Å². The molecule has 2 aromatic rings. The van der Waals surface area contributed by atoms with E-state index in [0.717, 1.165) is 0 Å².